The molecule has 0 amide bonds. The van der Waals surface area contributed by atoms with Gasteiger partial charge in [0.05, 0.1) is 32.5 Å². The molecule has 39 heavy (non-hydrogen) atoms. The molecule has 4 aromatic carbocycles. The Bertz CT molecular complexity index is 1220. The highest BCUT2D eigenvalue weighted by molar-refractivity contribution is 5.16. The molecule has 1 saturated heterocycles. The zero-order chi connectivity index (χ0) is 26.7. The van der Waals surface area contributed by atoms with Gasteiger partial charge in [-0.3, -0.25) is 0 Å². The molecule has 5 rings (SSSR count). The molecule has 202 valence electrons. The maximum absolute atomic E-state index is 6.61. The van der Waals surface area contributed by atoms with Crippen LogP contribution in [0.15, 0.2) is 121 Å². The molecule has 1 fully saturated rings. The molecule has 5 heteroatoms. The van der Waals surface area contributed by atoms with E-state index in [1.165, 1.54) is 0 Å². The van der Waals surface area contributed by atoms with Crippen molar-refractivity contribution in [3.8, 4) is 0 Å². The Hall–Kier alpha value is -3.32. The normalized spacial score (nSPS) is 22.9. The maximum Gasteiger partial charge on any atom is 0.187 e. The van der Waals surface area contributed by atoms with Crippen molar-refractivity contribution < 1.29 is 23.7 Å². The predicted molar refractivity (Wildman–Crippen MR) is 151 cm³/mol. The number of rotatable bonds is 12. The van der Waals surface area contributed by atoms with Crippen molar-refractivity contribution in [1.29, 1.82) is 0 Å². The van der Waals surface area contributed by atoms with Crippen LogP contribution < -0.4 is 0 Å². The van der Waals surface area contributed by atoms with E-state index >= 15 is 0 Å². The zero-order valence-electron chi connectivity index (χ0n) is 22.3. The molecule has 0 aliphatic carbocycles. The van der Waals surface area contributed by atoms with Crippen molar-refractivity contribution in [2.24, 2.45) is 0 Å². The van der Waals surface area contributed by atoms with Crippen LogP contribution >= 0.6 is 0 Å². The summed E-state index contributed by atoms with van der Waals surface area (Å²) in [5.41, 5.74) is 4.32. The third kappa shape index (κ3) is 7.85. The largest absolute Gasteiger partial charge is 0.368 e. The Balaban J connectivity index is 1.38. The minimum Gasteiger partial charge on any atom is -0.368 e. The molecular formula is C34H36O5. The fourth-order valence-electron chi connectivity index (χ4n) is 4.76. The zero-order valence-corrected chi connectivity index (χ0v) is 22.3. The molecule has 1 aliphatic heterocycles. The topological polar surface area (TPSA) is 46.2 Å². The van der Waals surface area contributed by atoms with Gasteiger partial charge in [0, 0.05) is 0 Å². The van der Waals surface area contributed by atoms with E-state index in [1.54, 1.807) is 0 Å². The van der Waals surface area contributed by atoms with Crippen molar-refractivity contribution >= 4 is 0 Å². The van der Waals surface area contributed by atoms with Gasteiger partial charge in [-0.2, -0.15) is 0 Å². The molecule has 4 aromatic rings. The van der Waals surface area contributed by atoms with E-state index in [2.05, 4.69) is 36.4 Å². The Labute approximate surface area is 231 Å². The summed E-state index contributed by atoms with van der Waals surface area (Å²) in [7, 11) is 0. The van der Waals surface area contributed by atoms with Gasteiger partial charge in [0.25, 0.3) is 0 Å². The molecule has 5 nitrogen and oxygen atoms in total. The Morgan fingerprint density at radius 1 is 0.436 bits per heavy atom. The standard InChI is InChI=1S/C34H36O5/c1-26-31(35-22-27-14-6-2-7-15-27)32(36-23-28-16-8-3-9-17-28)33(37-24-29-18-10-4-11-19-29)34(39-26)38-25-30-20-12-5-13-21-30/h2-21,26,31-34H,22-25H2,1H3/t26-,31+,32+,33-,34?/m0/s1. The molecule has 0 spiro atoms. The van der Waals surface area contributed by atoms with E-state index in [4.69, 9.17) is 23.7 Å². The summed E-state index contributed by atoms with van der Waals surface area (Å²) < 4.78 is 32.4. The van der Waals surface area contributed by atoms with E-state index < -0.39 is 18.5 Å². The summed E-state index contributed by atoms with van der Waals surface area (Å²) in [4.78, 5) is 0. The Kier molecular flexibility index (Phi) is 9.91. The second-order valence-corrected chi connectivity index (χ2v) is 9.79. The number of ether oxygens (including phenoxy) is 5. The van der Waals surface area contributed by atoms with Crippen molar-refractivity contribution in [1.82, 2.24) is 0 Å². The maximum atomic E-state index is 6.61. The molecule has 1 aliphatic rings. The summed E-state index contributed by atoms with van der Waals surface area (Å²) in [6.07, 6.45) is -2.17. The Morgan fingerprint density at radius 2 is 0.769 bits per heavy atom. The van der Waals surface area contributed by atoms with Crippen LogP contribution in [-0.4, -0.2) is 30.7 Å². The average Bonchev–Trinajstić information content (AvgIpc) is 3.00. The molecular weight excluding hydrogens is 488 g/mol. The highest BCUT2D eigenvalue weighted by Gasteiger charge is 2.47. The summed E-state index contributed by atoms with van der Waals surface area (Å²) in [6.45, 7) is 3.71. The lowest BCUT2D eigenvalue weighted by Crippen LogP contribution is -2.60. The van der Waals surface area contributed by atoms with Crippen molar-refractivity contribution in [3.05, 3.63) is 144 Å². The summed E-state index contributed by atoms with van der Waals surface area (Å²) in [5, 5.41) is 0. The first-order valence-corrected chi connectivity index (χ1v) is 13.5. The first kappa shape index (κ1) is 27.3. The van der Waals surface area contributed by atoms with Gasteiger partial charge in [-0.15, -0.1) is 0 Å². The molecule has 5 atom stereocenters. The molecule has 0 aromatic heterocycles. The minimum atomic E-state index is -0.624. The summed E-state index contributed by atoms with van der Waals surface area (Å²) in [5.74, 6) is 0. The van der Waals surface area contributed by atoms with Crippen molar-refractivity contribution in [3.63, 3.8) is 0 Å². The van der Waals surface area contributed by atoms with Crippen molar-refractivity contribution in [2.45, 2.75) is 64.1 Å². The summed E-state index contributed by atoms with van der Waals surface area (Å²) in [6, 6.07) is 40.5. The lowest BCUT2D eigenvalue weighted by atomic mass is 9.98. The van der Waals surface area contributed by atoms with E-state index in [0.29, 0.717) is 26.4 Å². The van der Waals surface area contributed by atoms with E-state index in [-0.39, 0.29) is 12.2 Å². The molecule has 0 N–H and O–H groups in total. The van der Waals surface area contributed by atoms with E-state index in [1.807, 2.05) is 91.9 Å². The van der Waals surface area contributed by atoms with Crippen LogP contribution in [-0.2, 0) is 50.1 Å². The van der Waals surface area contributed by atoms with E-state index in [0.717, 1.165) is 22.3 Å². The highest BCUT2D eigenvalue weighted by atomic mass is 16.7. The van der Waals surface area contributed by atoms with Gasteiger partial charge in [0.2, 0.25) is 0 Å². The molecule has 0 bridgehead atoms. The van der Waals surface area contributed by atoms with Gasteiger partial charge in [-0.05, 0) is 29.2 Å². The van der Waals surface area contributed by atoms with Gasteiger partial charge < -0.3 is 23.7 Å². The van der Waals surface area contributed by atoms with Crippen molar-refractivity contribution in [2.75, 3.05) is 0 Å². The van der Waals surface area contributed by atoms with Crippen LogP contribution in [0, 0.1) is 0 Å². The van der Waals surface area contributed by atoms with Crippen LogP contribution in [0.4, 0.5) is 0 Å². The number of benzene rings is 4. The van der Waals surface area contributed by atoms with Crippen LogP contribution in [0.5, 0.6) is 0 Å². The Morgan fingerprint density at radius 3 is 1.18 bits per heavy atom. The van der Waals surface area contributed by atoms with Gasteiger partial charge in [0.15, 0.2) is 6.29 Å². The first-order valence-electron chi connectivity index (χ1n) is 13.5. The highest BCUT2D eigenvalue weighted by Crippen LogP contribution is 2.31. The van der Waals surface area contributed by atoms with Crippen LogP contribution in [0.2, 0.25) is 0 Å². The fraction of sp³-hybridized carbons (Fsp3) is 0.294. The quantitative estimate of drug-likeness (QED) is 0.206. The molecule has 1 unspecified atom stereocenters. The lowest BCUT2D eigenvalue weighted by molar-refractivity contribution is -0.322. The first-order chi connectivity index (χ1) is 19.3. The molecule has 0 saturated carbocycles. The lowest BCUT2D eigenvalue weighted by Gasteiger charge is -2.45. The second-order valence-electron chi connectivity index (χ2n) is 9.79. The monoisotopic (exact) mass is 524 g/mol. The third-order valence-corrected chi connectivity index (χ3v) is 6.84. The molecule has 1 heterocycles. The molecule has 0 radical (unpaired) electrons. The van der Waals surface area contributed by atoms with E-state index in [9.17, 15) is 0 Å². The average molecular weight is 525 g/mol. The second kappa shape index (κ2) is 14.2. The van der Waals surface area contributed by atoms with Gasteiger partial charge >= 0.3 is 0 Å². The smallest absolute Gasteiger partial charge is 0.187 e. The van der Waals surface area contributed by atoms with Gasteiger partial charge in [-0.1, -0.05) is 121 Å². The summed E-state index contributed by atoms with van der Waals surface area (Å²) >= 11 is 0. The van der Waals surface area contributed by atoms with Crippen LogP contribution in [0.25, 0.3) is 0 Å². The van der Waals surface area contributed by atoms with Gasteiger partial charge in [0.1, 0.15) is 18.3 Å². The minimum absolute atomic E-state index is 0.271. The number of hydrogen-bond acceptors (Lipinski definition) is 5. The third-order valence-electron chi connectivity index (χ3n) is 6.84. The van der Waals surface area contributed by atoms with Crippen LogP contribution in [0.1, 0.15) is 29.2 Å². The predicted octanol–water partition coefficient (Wildman–Crippen LogP) is 6.70. The SMILES string of the molecule is C[C@@H]1OC(OCc2ccccc2)[C@@H](OCc2ccccc2)[C@H](OCc2ccccc2)[C@@H]1OCc1ccccc1. The fourth-order valence-corrected chi connectivity index (χ4v) is 4.76. The van der Waals surface area contributed by atoms with Crippen LogP contribution in [0.3, 0.4) is 0 Å². The number of hydrogen-bond donors (Lipinski definition) is 0. The van der Waals surface area contributed by atoms with Gasteiger partial charge in [-0.25, -0.2) is 0 Å².